The van der Waals surface area contributed by atoms with E-state index in [-0.39, 0.29) is 12.0 Å². The Morgan fingerprint density at radius 1 is 0.841 bits per heavy atom. The molecule has 0 radical (unpaired) electrons. The minimum Gasteiger partial charge on any atom is -0.492 e. The highest BCUT2D eigenvalue weighted by molar-refractivity contribution is 5.75. The van der Waals surface area contributed by atoms with Gasteiger partial charge in [-0.15, -0.1) is 0 Å². The summed E-state index contributed by atoms with van der Waals surface area (Å²) in [6, 6.07) is 32.9. The Morgan fingerprint density at radius 2 is 1.57 bits per heavy atom. The number of hydrogen-bond acceptors (Lipinski definition) is 5. The third-order valence-corrected chi connectivity index (χ3v) is 8.64. The van der Waals surface area contributed by atoms with Crippen molar-refractivity contribution in [1.82, 2.24) is 4.90 Å². The maximum Gasteiger partial charge on any atom is 0.335 e. The molecule has 0 saturated heterocycles. The van der Waals surface area contributed by atoms with Crippen LogP contribution in [0.25, 0.3) is 0 Å². The minimum absolute atomic E-state index is 0.172. The maximum absolute atomic E-state index is 12.1. The molecule has 0 fully saturated rings. The monoisotopic (exact) mass is 591 g/mol. The number of aryl methyl sites for hydroxylation is 5. The quantitative estimate of drug-likeness (QED) is 0.155. The summed E-state index contributed by atoms with van der Waals surface area (Å²) < 4.78 is 16.7. The lowest BCUT2D eigenvalue weighted by Gasteiger charge is -2.31. The van der Waals surface area contributed by atoms with Crippen molar-refractivity contribution < 1.29 is 19.0 Å². The molecule has 1 aliphatic rings. The zero-order valence-corrected chi connectivity index (χ0v) is 26.6. The molecule has 5 heteroatoms. The van der Waals surface area contributed by atoms with Gasteiger partial charge in [0.1, 0.15) is 12.4 Å². The average molecular weight is 592 g/mol. The van der Waals surface area contributed by atoms with Crippen LogP contribution in [-0.2, 0) is 46.4 Å². The van der Waals surface area contributed by atoms with Gasteiger partial charge in [-0.1, -0.05) is 84.4 Å². The standard InChI is InChI=1S/C39H45NO4/c1-5-43-39(41)37(42-4)27-31-14-20-34(21-15-31)44-24-23-40(3)38-35-22-16-30(13-12-29-9-7-6-8-10-29)26-33(35)19-18-32-17-11-28(2)25-36(32)38/h6-11,14-17,20-22,25-26,37-38H,5,12-13,18-19,23-24,27H2,1-4H3. The second kappa shape index (κ2) is 15.2. The van der Waals surface area contributed by atoms with Crippen LogP contribution in [0.2, 0.25) is 0 Å². The molecule has 0 saturated carbocycles. The normalized spacial score (nSPS) is 14.8. The SMILES string of the molecule is CCOC(=O)C(Cc1ccc(OCCN(C)C2c3ccc(CCc4ccccc4)cc3CCc3ccc(C)cc32)cc1)OC. The summed E-state index contributed by atoms with van der Waals surface area (Å²) in [5.74, 6) is 0.478. The number of nitrogens with zero attached hydrogens (tertiary/aromatic N) is 1. The Bertz CT molecular complexity index is 1520. The highest BCUT2D eigenvalue weighted by Crippen LogP contribution is 2.37. The van der Waals surface area contributed by atoms with Crippen molar-refractivity contribution in [3.8, 4) is 5.75 Å². The molecule has 4 aromatic rings. The Morgan fingerprint density at radius 3 is 2.32 bits per heavy atom. The largest absolute Gasteiger partial charge is 0.492 e. The molecule has 0 heterocycles. The van der Waals surface area contributed by atoms with Crippen LogP contribution in [0.3, 0.4) is 0 Å². The topological polar surface area (TPSA) is 48.0 Å². The van der Waals surface area contributed by atoms with Gasteiger partial charge in [-0.2, -0.15) is 0 Å². The van der Waals surface area contributed by atoms with Gasteiger partial charge in [0.25, 0.3) is 0 Å². The minimum atomic E-state index is -0.607. The van der Waals surface area contributed by atoms with Crippen LogP contribution in [-0.4, -0.2) is 50.9 Å². The molecule has 4 aromatic carbocycles. The lowest BCUT2D eigenvalue weighted by molar-refractivity contribution is -0.154. The number of esters is 1. The smallest absolute Gasteiger partial charge is 0.335 e. The first kappa shape index (κ1) is 31.5. The molecule has 0 aromatic heterocycles. The lowest BCUT2D eigenvalue weighted by Crippen LogP contribution is -2.30. The van der Waals surface area contributed by atoms with E-state index in [1.54, 1.807) is 6.92 Å². The number of rotatable bonds is 13. The highest BCUT2D eigenvalue weighted by Gasteiger charge is 2.27. The van der Waals surface area contributed by atoms with E-state index in [0.717, 1.165) is 43.5 Å². The van der Waals surface area contributed by atoms with Gasteiger partial charge in [0.15, 0.2) is 6.10 Å². The third-order valence-electron chi connectivity index (χ3n) is 8.64. The maximum atomic E-state index is 12.1. The first-order valence-electron chi connectivity index (χ1n) is 15.8. The number of ether oxygens (including phenoxy) is 3. The third kappa shape index (κ3) is 7.96. The molecule has 2 unspecified atom stereocenters. The molecule has 0 bridgehead atoms. The molecule has 1 aliphatic carbocycles. The van der Waals surface area contributed by atoms with Gasteiger partial charge in [-0.05, 0) is 97.7 Å². The van der Waals surface area contributed by atoms with Crippen molar-refractivity contribution in [2.24, 2.45) is 0 Å². The van der Waals surface area contributed by atoms with Crippen molar-refractivity contribution in [2.45, 2.75) is 58.1 Å². The Kier molecular flexibility index (Phi) is 10.9. The molecule has 5 nitrogen and oxygen atoms in total. The summed E-state index contributed by atoms with van der Waals surface area (Å²) in [6.45, 7) is 5.68. The summed E-state index contributed by atoms with van der Waals surface area (Å²) in [6.07, 6.45) is 4.07. The lowest BCUT2D eigenvalue weighted by atomic mass is 9.91. The predicted octanol–water partition coefficient (Wildman–Crippen LogP) is 7.10. The molecule has 230 valence electrons. The van der Waals surface area contributed by atoms with Gasteiger partial charge in [-0.25, -0.2) is 4.79 Å². The van der Waals surface area contributed by atoms with E-state index in [4.69, 9.17) is 14.2 Å². The van der Waals surface area contributed by atoms with Gasteiger partial charge < -0.3 is 14.2 Å². The fourth-order valence-corrected chi connectivity index (χ4v) is 6.21. The van der Waals surface area contributed by atoms with E-state index >= 15 is 0 Å². The van der Waals surface area contributed by atoms with Crippen LogP contribution in [0.5, 0.6) is 5.75 Å². The van der Waals surface area contributed by atoms with Gasteiger partial charge in [0.05, 0.1) is 12.6 Å². The molecule has 0 amide bonds. The zero-order chi connectivity index (χ0) is 30.9. The van der Waals surface area contributed by atoms with Crippen molar-refractivity contribution in [3.63, 3.8) is 0 Å². The molecule has 2 atom stereocenters. The molecule has 44 heavy (non-hydrogen) atoms. The first-order chi connectivity index (χ1) is 21.4. The Hall–Kier alpha value is -3.93. The number of hydrogen-bond donors (Lipinski definition) is 0. The van der Waals surface area contributed by atoms with E-state index in [1.165, 1.54) is 46.1 Å². The fourth-order valence-electron chi connectivity index (χ4n) is 6.21. The number of methoxy groups -OCH3 is 1. The molecule has 0 spiro atoms. The van der Waals surface area contributed by atoms with E-state index < -0.39 is 6.10 Å². The van der Waals surface area contributed by atoms with Crippen LogP contribution in [0.1, 0.15) is 57.5 Å². The van der Waals surface area contributed by atoms with Gasteiger partial charge in [-0.3, -0.25) is 4.90 Å². The first-order valence-corrected chi connectivity index (χ1v) is 15.8. The number of carbonyl (C=O) groups excluding carboxylic acids is 1. The van der Waals surface area contributed by atoms with Crippen LogP contribution in [0.15, 0.2) is 91.0 Å². The van der Waals surface area contributed by atoms with Crippen LogP contribution in [0.4, 0.5) is 0 Å². The second-order valence-electron chi connectivity index (χ2n) is 11.8. The fraction of sp³-hybridized carbons (Fsp3) is 0.359. The van der Waals surface area contributed by atoms with Crippen LogP contribution in [0, 0.1) is 6.92 Å². The number of benzene rings is 4. The summed E-state index contributed by atoms with van der Waals surface area (Å²) >= 11 is 0. The van der Waals surface area contributed by atoms with Gasteiger partial charge in [0, 0.05) is 20.1 Å². The number of carbonyl (C=O) groups is 1. The van der Waals surface area contributed by atoms with E-state index in [9.17, 15) is 4.79 Å². The summed E-state index contributed by atoms with van der Waals surface area (Å²) in [4.78, 5) is 14.5. The van der Waals surface area contributed by atoms with Crippen LogP contribution < -0.4 is 4.74 Å². The molecule has 0 N–H and O–H groups in total. The number of fused-ring (bicyclic) bond motifs is 2. The zero-order valence-electron chi connectivity index (χ0n) is 26.6. The van der Waals surface area contributed by atoms with Gasteiger partial charge >= 0.3 is 5.97 Å². The highest BCUT2D eigenvalue weighted by atomic mass is 16.6. The molecular weight excluding hydrogens is 546 g/mol. The van der Waals surface area contributed by atoms with Crippen molar-refractivity contribution in [3.05, 3.63) is 136 Å². The summed E-state index contributed by atoms with van der Waals surface area (Å²) in [5.41, 5.74) is 10.8. The second-order valence-corrected chi connectivity index (χ2v) is 11.8. The number of likely N-dealkylation sites (N-methyl/N-ethyl adjacent to an activating group) is 1. The predicted molar refractivity (Wildman–Crippen MR) is 176 cm³/mol. The van der Waals surface area contributed by atoms with Gasteiger partial charge in [0.2, 0.25) is 0 Å². The molecule has 5 rings (SSSR count). The van der Waals surface area contributed by atoms with E-state index in [2.05, 4.69) is 85.6 Å². The Labute approximate surface area is 262 Å². The van der Waals surface area contributed by atoms with Crippen LogP contribution >= 0.6 is 0 Å². The summed E-state index contributed by atoms with van der Waals surface area (Å²) in [7, 11) is 3.74. The van der Waals surface area contributed by atoms with Crippen molar-refractivity contribution in [1.29, 1.82) is 0 Å². The average Bonchev–Trinajstić information content (AvgIpc) is 3.20. The van der Waals surface area contributed by atoms with E-state index in [0.29, 0.717) is 19.6 Å². The van der Waals surface area contributed by atoms with E-state index in [1.807, 2.05) is 24.3 Å². The molecular formula is C39H45NO4. The molecule has 0 aliphatic heterocycles. The summed E-state index contributed by atoms with van der Waals surface area (Å²) in [5, 5.41) is 0. The van der Waals surface area contributed by atoms with Crippen molar-refractivity contribution in [2.75, 3.05) is 33.9 Å². The van der Waals surface area contributed by atoms with Crippen molar-refractivity contribution >= 4 is 5.97 Å². The Balaban J connectivity index is 1.26.